The molecule has 0 amide bonds. The Balaban J connectivity index is 4.14. The van der Waals surface area contributed by atoms with Crippen molar-refractivity contribution >= 4 is 0 Å². The molecular weight excluding hydrogens is 136 g/mol. The van der Waals surface area contributed by atoms with Crippen LogP contribution in [0.2, 0.25) is 0 Å². The van der Waals surface area contributed by atoms with Crippen LogP contribution in [0.5, 0.6) is 0 Å². The smallest absolute Gasteiger partial charge is 0.246 e. The summed E-state index contributed by atoms with van der Waals surface area (Å²) >= 11 is 0. The molecule has 0 atom stereocenters. The van der Waals surface area contributed by atoms with Gasteiger partial charge in [0.1, 0.15) is 6.67 Å². The van der Waals surface area contributed by atoms with Gasteiger partial charge in [0.25, 0.3) is 0 Å². The van der Waals surface area contributed by atoms with Crippen LogP contribution in [0, 0.1) is 0 Å². The van der Waals surface area contributed by atoms with Gasteiger partial charge in [-0.1, -0.05) is 6.08 Å². The quantitative estimate of drug-likeness (QED) is 0.389. The topological polar surface area (TPSA) is 0 Å². The molecule has 0 nitrogen and oxygen atoms in total. The van der Waals surface area contributed by atoms with Gasteiger partial charge in [-0.05, 0) is 6.92 Å². The predicted octanol–water partition coefficient (Wildman–Crippen LogP) is 2.46. The van der Waals surface area contributed by atoms with Crippen molar-refractivity contribution in [3.8, 4) is 0 Å². The fourth-order valence-corrected chi connectivity index (χ4v) is 0.317. The molecule has 0 N–H and O–H groups in total. The molecule has 0 saturated heterocycles. The second-order valence-electron chi connectivity index (χ2n) is 1.45. The first kappa shape index (κ1) is 8.46. The third kappa shape index (κ3) is 2.49. The summed E-state index contributed by atoms with van der Waals surface area (Å²) in [4.78, 5) is 0. The van der Waals surface area contributed by atoms with Gasteiger partial charge < -0.3 is 0 Å². The first-order valence-electron chi connectivity index (χ1n) is 2.30. The molecule has 0 radical (unpaired) electrons. The second-order valence-corrected chi connectivity index (χ2v) is 1.45. The van der Waals surface area contributed by atoms with Crippen molar-refractivity contribution in [2.75, 3.05) is 6.67 Å². The summed E-state index contributed by atoms with van der Waals surface area (Å²) in [6.45, 7) is -0.289. The largest absolute Gasteiger partial charge is 0.414 e. The maximum Gasteiger partial charge on any atom is 0.414 e. The van der Waals surface area contributed by atoms with Crippen molar-refractivity contribution in [2.24, 2.45) is 0 Å². The fourth-order valence-electron chi connectivity index (χ4n) is 0.317. The van der Waals surface area contributed by atoms with Crippen molar-refractivity contribution < 1.29 is 17.6 Å². The van der Waals surface area contributed by atoms with E-state index in [0.717, 1.165) is 13.0 Å². The zero-order chi connectivity index (χ0) is 7.49. The van der Waals surface area contributed by atoms with Gasteiger partial charge >= 0.3 is 6.18 Å². The molecule has 0 rings (SSSR count). The zero-order valence-corrected chi connectivity index (χ0v) is 4.80. The number of alkyl halides is 4. The lowest BCUT2D eigenvalue weighted by Crippen LogP contribution is -2.12. The number of rotatable bonds is 1. The lowest BCUT2D eigenvalue weighted by Gasteiger charge is -2.05. The van der Waals surface area contributed by atoms with Gasteiger partial charge in [-0.25, -0.2) is 4.39 Å². The Morgan fingerprint density at radius 2 is 1.89 bits per heavy atom. The van der Waals surface area contributed by atoms with Crippen LogP contribution < -0.4 is 0 Å². The highest BCUT2D eigenvalue weighted by atomic mass is 19.4. The second kappa shape index (κ2) is 2.85. The monoisotopic (exact) mass is 142 g/mol. The van der Waals surface area contributed by atoms with Gasteiger partial charge in [0.2, 0.25) is 0 Å². The molecule has 0 aliphatic carbocycles. The molecule has 0 unspecified atom stereocenters. The Morgan fingerprint density at radius 1 is 1.44 bits per heavy atom. The minimum absolute atomic E-state index is 0.722. The van der Waals surface area contributed by atoms with Crippen LogP contribution >= 0.6 is 0 Å². The molecule has 0 aromatic carbocycles. The summed E-state index contributed by atoms with van der Waals surface area (Å²) < 4.78 is 45.6. The fraction of sp³-hybridized carbons (Fsp3) is 0.600. The third-order valence-corrected chi connectivity index (χ3v) is 0.857. The van der Waals surface area contributed by atoms with Crippen LogP contribution in [-0.4, -0.2) is 12.9 Å². The minimum atomic E-state index is -4.50. The van der Waals surface area contributed by atoms with Crippen molar-refractivity contribution in [1.82, 2.24) is 0 Å². The van der Waals surface area contributed by atoms with Gasteiger partial charge in [-0.2, -0.15) is 13.2 Å². The highest BCUT2D eigenvalue weighted by molar-refractivity contribution is 5.07. The van der Waals surface area contributed by atoms with Crippen LogP contribution in [0.15, 0.2) is 11.6 Å². The van der Waals surface area contributed by atoms with E-state index in [-0.39, 0.29) is 0 Å². The maximum absolute atomic E-state index is 11.4. The first-order chi connectivity index (χ1) is 4.02. The Morgan fingerprint density at radius 3 is 1.89 bits per heavy atom. The molecule has 0 aliphatic heterocycles. The van der Waals surface area contributed by atoms with E-state index in [9.17, 15) is 17.6 Å². The predicted molar refractivity (Wildman–Crippen MR) is 25.8 cm³/mol. The van der Waals surface area contributed by atoms with E-state index in [0.29, 0.717) is 0 Å². The van der Waals surface area contributed by atoms with E-state index >= 15 is 0 Å². The molecule has 0 heterocycles. The molecule has 0 fully saturated rings. The summed E-state index contributed by atoms with van der Waals surface area (Å²) in [5, 5.41) is 0. The standard InChI is InChI=1S/C5H6F4/c1-2-4(3-6)5(7,8)9/h2H,3H2,1H3. The summed E-state index contributed by atoms with van der Waals surface area (Å²) in [5.41, 5.74) is -1.12. The normalized spacial score (nSPS) is 14.1. The zero-order valence-electron chi connectivity index (χ0n) is 4.80. The highest BCUT2D eigenvalue weighted by Gasteiger charge is 2.32. The van der Waals surface area contributed by atoms with E-state index in [2.05, 4.69) is 0 Å². The Hall–Kier alpha value is -0.540. The van der Waals surface area contributed by atoms with Crippen LogP contribution in [0.3, 0.4) is 0 Å². The maximum atomic E-state index is 11.4. The minimum Gasteiger partial charge on any atom is -0.246 e. The van der Waals surface area contributed by atoms with Crippen molar-refractivity contribution in [1.29, 1.82) is 0 Å². The molecule has 9 heavy (non-hydrogen) atoms. The van der Waals surface area contributed by atoms with Crippen LogP contribution in [0.1, 0.15) is 6.92 Å². The van der Waals surface area contributed by atoms with Crippen LogP contribution in [0.25, 0.3) is 0 Å². The van der Waals surface area contributed by atoms with Gasteiger partial charge in [-0.3, -0.25) is 0 Å². The molecule has 0 saturated carbocycles. The first-order valence-corrected chi connectivity index (χ1v) is 2.30. The van der Waals surface area contributed by atoms with Gasteiger partial charge in [0.05, 0.1) is 5.57 Å². The molecule has 0 aromatic rings. The Kier molecular flexibility index (Phi) is 2.67. The summed E-state index contributed by atoms with van der Waals surface area (Å²) in [7, 11) is 0. The summed E-state index contributed by atoms with van der Waals surface area (Å²) in [6.07, 6.45) is -3.77. The average molecular weight is 142 g/mol. The van der Waals surface area contributed by atoms with Crippen molar-refractivity contribution in [3.63, 3.8) is 0 Å². The summed E-state index contributed by atoms with van der Waals surface area (Å²) in [5.74, 6) is 0. The van der Waals surface area contributed by atoms with Crippen molar-refractivity contribution in [2.45, 2.75) is 13.1 Å². The van der Waals surface area contributed by atoms with Gasteiger partial charge in [0, 0.05) is 0 Å². The average Bonchev–Trinajstić information content (AvgIpc) is 1.65. The van der Waals surface area contributed by atoms with E-state index in [4.69, 9.17) is 0 Å². The van der Waals surface area contributed by atoms with E-state index in [1.807, 2.05) is 0 Å². The van der Waals surface area contributed by atoms with E-state index in [1.54, 1.807) is 0 Å². The molecule has 4 heteroatoms. The number of allylic oxidation sites excluding steroid dienone is 2. The number of hydrogen-bond donors (Lipinski definition) is 0. The lowest BCUT2D eigenvalue weighted by molar-refractivity contribution is -0.0951. The number of hydrogen-bond acceptors (Lipinski definition) is 0. The molecule has 54 valence electrons. The molecule has 0 aliphatic rings. The van der Waals surface area contributed by atoms with E-state index in [1.165, 1.54) is 0 Å². The van der Waals surface area contributed by atoms with Gasteiger partial charge in [0.15, 0.2) is 0 Å². The van der Waals surface area contributed by atoms with Crippen molar-refractivity contribution in [3.05, 3.63) is 11.6 Å². The Bertz CT molecular complexity index is 111. The molecular formula is C5H6F4. The van der Waals surface area contributed by atoms with E-state index < -0.39 is 18.4 Å². The van der Waals surface area contributed by atoms with Crippen LogP contribution in [0.4, 0.5) is 17.6 Å². The lowest BCUT2D eigenvalue weighted by atomic mass is 10.3. The molecule has 0 aromatic heterocycles. The van der Waals surface area contributed by atoms with Gasteiger partial charge in [-0.15, -0.1) is 0 Å². The Labute approximate surface area is 50.2 Å². The highest BCUT2D eigenvalue weighted by Crippen LogP contribution is 2.25. The SMILES string of the molecule is CC=C(CF)C(F)(F)F. The summed E-state index contributed by atoms with van der Waals surface area (Å²) in [6, 6.07) is 0. The molecule has 0 bridgehead atoms. The third-order valence-electron chi connectivity index (χ3n) is 0.857. The number of halogens is 4. The molecule has 0 spiro atoms. The van der Waals surface area contributed by atoms with Crippen LogP contribution in [-0.2, 0) is 0 Å².